The van der Waals surface area contributed by atoms with Crippen molar-refractivity contribution in [2.45, 2.75) is 18.4 Å². The molecule has 2 aliphatic rings. The van der Waals surface area contributed by atoms with Gasteiger partial charge in [-0.1, -0.05) is 0 Å². The number of fused-ring (bicyclic) bond motifs is 1. The average Bonchev–Trinajstić information content (AvgIpc) is 3.06. The van der Waals surface area contributed by atoms with Gasteiger partial charge < -0.3 is 14.5 Å². The van der Waals surface area contributed by atoms with Gasteiger partial charge in [0.25, 0.3) is 5.91 Å². The fourth-order valence-electron chi connectivity index (χ4n) is 3.20. The number of sulfonamides is 1. The van der Waals surface area contributed by atoms with Crippen LogP contribution in [0.15, 0.2) is 33.7 Å². The van der Waals surface area contributed by atoms with E-state index in [1.54, 1.807) is 19.2 Å². The molecule has 0 radical (unpaired) electrons. The molecule has 1 aromatic heterocycles. The number of aryl methyl sites for hydroxylation is 1. The number of carbonyl (C=O) groups excluding carboxylic acids is 1. The van der Waals surface area contributed by atoms with Crippen molar-refractivity contribution in [2.24, 2.45) is 0 Å². The molecule has 1 N–H and O–H groups in total. The van der Waals surface area contributed by atoms with Gasteiger partial charge in [-0.15, -0.1) is 0 Å². The highest BCUT2D eigenvalue weighted by Crippen LogP contribution is 2.31. The first-order chi connectivity index (χ1) is 12.9. The summed E-state index contributed by atoms with van der Waals surface area (Å²) in [7, 11) is -3.64. The van der Waals surface area contributed by atoms with Crippen LogP contribution in [0.3, 0.4) is 0 Å². The van der Waals surface area contributed by atoms with Crippen molar-refractivity contribution in [1.82, 2.24) is 14.2 Å². The van der Waals surface area contributed by atoms with Crippen molar-refractivity contribution in [3.8, 4) is 5.75 Å². The molecule has 2 aliphatic heterocycles. The Hall–Kier alpha value is -2.43. The second-order valence-corrected chi connectivity index (χ2v) is 8.46. The van der Waals surface area contributed by atoms with E-state index in [0.29, 0.717) is 50.1 Å². The summed E-state index contributed by atoms with van der Waals surface area (Å²) in [5.74, 6) is 1.57. The van der Waals surface area contributed by atoms with Gasteiger partial charge in [0.1, 0.15) is 11.5 Å². The normalized spacial score (nSPS) is 18.6. The monoisotopic (exact) mass is 392 g/mol. The maximum Gasteiger partial charge on any atom is 0.262 e. The SMILES string of the molecule is Cc1ncc(CN2CCN(S(=O)(=O)c3ccc4c(c3)NC(=O)CO4)CC2)o1. The summed E-state index contributed by atoms with van der Waals surface area (Å²) in [6.45, 7) is 4.31. The summed E-state index contributed by atoms with van der Waals surface area (Å²) in [5, 5.41) is 2.64. The number of nitrogens with zero attached hydrogens (tertiary/aromatic N) is 3. The third kappa shape index (κ3) is 3.68. The minimum atomic E-state index is -3.64. The number of aromatic nitrogens is 1. The van der Waals surface area contributed by atoms with Gasteiger partial charge >= 0.3 is 0 Å². The Balaban J connectivity index is 1.44. The number of nitrogens with one attached hydrogen (secondary N) is 1. The summed E-state index contributed by atoms with van der Waals surface area (Å²) in [5.41, 5.74) is 0.381. The van der Waals surface area contributed by atoms with Crippen molar-refractivity contribution in [1.29, 1.82) is 0 Å². The minimum absolute atomic E-state index is 0.0637. The molecule has 9 nitrogen and oxygen atoms in total. The molecule has 1 amide bonds. The van der Waals surface area contributed by atoms with Gasteiger partial charge in [-0.3, -0.25) is 9.69 Å². The molecule has 144 valence electrons. The van der Waals surface area contributed by atoms with E-state index in [1.807, 2.05) is 0 Å². The topological polar surface area (TPSA) is 105 Å². The lowest BCUT2D eigenvalue weighted by Gasteiger charge is -2.33. The zero-order valence-corrected chi connectivity index (χ0v) is 15.7. The van der Waals surface area contributed by atoms with Crippen molar-refractivity contribution in [3.05, 3.63) is 36.0 Å². The predicted octanol–water partition coefficient (Wildman–Crippen LogP) is 0.820. The van der Waals surface area contributed by atoms with E-state index in [-0.39, 0.29) is 17.4 Å². The van der Waals surface area contributed by atoms with Crippen LogP contribution in [0.1, 0.15) is 11.7 Å². The first kappa shape index (κ1) is 18.0. The molecule has 0 spiro atoms. The molecule has 1 aromatic carbocycles. The molecule has 1 fully saturated rings. The smallest absolute Gasteiger partial charge is 0.262 e. The average molecular weight is 392 g/mol. The van der Waals surface area contributed by atoms with Gasteiger partial charge in [0.15, 0.2) is 12.5 Å². The lowest BCUT2D eigenvalue weighted by Crippen LogP contribution is -2.48. The molecular formula is C17H20N4O5S. The molecule has 3 heterocycles. The first-order valence-electron chi connectivity index (χ1n) is 8.62. The van der Waals surface area contributed by atoms with E-state index in [4.69, 9.17) is 9.15 Å². The quantitative estimate of drug-likeness (QED) is 0.821. The van der Waals surface area contributed by atoms with Crippen molar-refractivity contribution >= 4 is 21.6 Å². The molecule has 10 heteroatoms. The lowest BCUT2D eigenvalue weighted by molar-refractivity contribution is -0.118. The van der Waals surface area contributed by atoms with Crippen LogP contribution >= 0.6 is 0 Å². The number of hydrogen-bond acceptors (Lipinski definition) is 7. The summed E-state index contributed by atoms with van der Waals surface area (Å²) in [4.78, 5) is 17.8. The van der Waals surface area contributed by atoms with Crippen LogP contribution < -0.4 is 10.1 Å². The predicted molar refractivity (Wildman–Crippen MR) is 95.8 cm³/mol. The molecule has 0 saturated carbocycles. The summed E-state index contributed by atoms with van der Waals surface area (Å²) < 4.78 is 38.1. The number of hydrogen-bond donors (Lipinski definition) is 1. The molecule has 1 saturated heterocycles. The van der Waals surface area contributed by atoms with E-state index in [9.17, 15) is 13.2 Å². The number of piperazine rings is 1. The summed E-state index contributed by atoms with van der Waals surface area (Å²) >= 11 is 0. The van der Waals surface area contributed by atoms with Gasteiger partial charge in [-0.05, 0) is 18.2 Å². The number of carbonyl (C=O) groups is 1. The number of anilines is 1. The van der Waals surface area contributed by atoms with Gasteiger partial charge in [-0.25, -0.2) is 13.4 Å². The summed E-state index contributed by atoms with van der Waals surface area (Å²) in [6.07, 6.45) is 1.70. The zero-order chi connectivity index (χ0) is 19.0. The van der Waals surface area contributed by atoms with Crippen LogP contribution in [0.25, 0.3) is 0 Å². The minimum Gasteiger partial charge on any atom is -0.482 e. The Morgan fingerprint density at radius 1 is 1.22 bits per heavy atom. The molecule has 0 unspecified atom stereocenters. The van der Waals surface area contributed by atoms with Gasteiger partial charge in [0.2, 0.25) is 10.0 Å². The Kier molecular flexibility index (Phi) is 4.62. The molecule has 4 rings (SSSR count). The van der Waals surface area contributed by atoms with Crippen LogP contribution in [0.4, 0.5) is 5.69 Å². The Labute approximate surface area is 157 Å². The van der Waals surface area contributed by atoms with Crippen molar-refractivity contribution in [3.63, 3.8) is 0 Å². The van der Waals surface area contributed by atoms with E-state index in [2.05, 4.69) is 15.2 Å². The zero-order valence-electron chi connectivity index (χ0n) is 14.8. The van der Waals surface area contributed by atoms with Crippen molar-refractivity contribution in [2.75, 3.05) is 38.1 Å². The lowest BCUT2D eigenvalue weighted by atomic mass is 10.2. The van der Waals surface area contributed by atoms with E-state index >= 15 is 0 Å². The van der Waals surface area contributed by atoms with Gasteiger partial charge in [0, 0.05) is 33.1 Å². The highest BCUT2D eigenvalue weighted by molar-refractivity contribution is 7.89. The number of amides is 1. The molecular weight excluding hydrogens is 372 g/mol. The van der Waals surface area contributed by atoms with Crippen molar-refractivity contribution < 1.29 is 22.4 Å². The largest absolute Gasteiger partial charge is 0.482 e. The fraction of sp³-hybridized carbons (Fsp3) is 0.412. The van der Waals surface area contributed by atoms with Gasteiger partial charge in [0.05, 0.1) is 23.3 Å². The third-order valence-corrected chi connectivity index (χ3v) is 6.50. The standard InChI is InChI=1S/C17H20N4O5S/c1-12-18-9-13(26-12)10-20-4-6-21(7-5-20)27(23,24)14-2-3-16-15(8-14)19-17(22)11-25-16/h2-3,8-9H,4-7,10-11H2,1H3,(H,19,22). The molecule has 0 bridgehead atoms. The molecule has 0 atom stereocenters. The second kappa shape index (κ2) is 6.95. The van der Waals surface area contributed by atoms with E-state index < -0.39 is 10.0 Å². The Morgan fingerprint density at radius 3 is 2.70 bits per heavy atom. The number of oxazole rings is 1. The van der Waals surface area contributed by atoms with Crippen LogP contribution in [0.5, 0.6) is 5.75 Å². The van der Waals surface area contributed by atoms with Crippen LogP contribution in [-0.2, 0) is 21.4 Å². The number of ether oxygens (including phenoxy) is 1. The highest BCUT2D eigenvalue weighted by atomic mass is 32.2. The molecule has 27 heavy (non-hydrogen) atoms. The maximum absolute atomic E-state index is 12.9. The molecule has 0 aliphatic carbocycles. The van der Waals surface area contributed by atoms with E-state index in [0.717, 1.165) is 5.76 Å². The fourth-order valence-corrected chi connectivity index (χ4v) is 4.65. The highest BCUT2D eigenvalue weighted by Gasteiger charge is 2.30. The van der Waals surface area contributed by atoms with E-state index in [1.165, 1.54) is 16.4 Å². The number of rotatable bonds is 4. The maximum atomic E-state index is 12.9. The first-order valence-corrected chi connectivity index (χ1v) is 10.1. The molecule has 2 aromatic rings. The Bertz CT molecular complexity index is 963. The number of benzene rings is 1. The van der Waals surface area contributed by atoms with Crippen LogP contribution in [0.2, 0.25) is 0 Å². The Morgan fingerprint density at radius 2 is 2.00 bits per heavy atom. The van der Waals surface area contributed by atoms with Gasteiger partial charge in [-0.2, -0.15) is 4.31 Å². The van der Waals surface area contributed by atoms with Crippen LogP contribution in [0, 0.1) is 6.92 Å². The van der Waals surface area contributed by atoms with Crippen LogP contribution in [-0.4, -0.2) is 61.3 Å². The third-order valence-electron chi connectivity index (χ3n) is 4.60. The summed E-state index contributed by atoms with van der Waals surface area (Å²) in [6, 6.07) is 4.53. The second-order valence-electron chi connectivity index (χ2n) is 6.52.